The third-order valence-electron chi connectivity index (χ3n) is 10.3. The van der Waals surface area contributed by atoms with Crippen LogP contribution in [0, 0.1) is 0 Å². The first-order chi connectivity index (χ1) is 22.7. The summed E-state index contributed by atoms with van der Waals surface area (Å²) in [6, 6.07) is 0. The summed E-state index contributed by atoms with van der Waals surface area (Å²) in [6.07, 6.45) is 52.5. The highest BCUT2D eigenvalue weighted by Crippen LogP contribution is 2.40. The lowest BCUT2D eigenvalue weighted by Crippen LogP contribution is -2.32. The highest BCUT2D eigenvalue weighted by Gasteiger charge is 2.47. The van der Waals surface area contributed by atoms with Gasteiger partial charge >= 0.3 is 0 Å². The van der Waals surface area contributed by atoms with Crippen LogP contribution in [0.25, 0.3) is 0 Å². The van der Waals surface area contributed by atoms with Gasteiger partial charge in [0.25, 0.3) is 0 Å². The van der Waals surface area contributed by atoms with Crippen molar-refractivity contribution in [2.75, 3.05) is 20.1 Å². The van der Waals surface area contributed by atoms with Crippen molar-refractivity contribution in [3.05, 3.63) is 36.5 Å². The normalized spacial score (nSPS) is 22.5. The molecular formula is C43H79NO2. The molecule has 0 saturated carbocycles. The molecule has 0 aromatic heterocycles. The first kappa shape index (κ1) is 41.3. The topological polar surface area (TPSA) is 21.7 Å². The van der Waals surface area contributed by atoms with Gasteiger partial charge in [0.1, 0.15) is 0 Å². The number of nitrogens with zero attached hydrogens (tertiary/aromatic N) is 1. The fourth-order valence-electron chi connectivity index (χ4n) is 7.24. The molecule has 0 spiro atoms. The van der Waals surface area contributed by atoms with Crippen LogP contribution in [0.4, 0.5) is 0 Å². The molecule has 0 bridgehead atoms. The van der Waals surface area contributed by atoms with Gasteiger partial charge in [-0.3, -0.25) is 0 Å². The molecule has 0 radical (unpaired) electrons. The van der Waals surface area contributed by atoms with Gasteiger partial charge in [-0.05, 0) is 90.5 Å². The highest BCUT2D eigenvalue weighted by molar-refractivity contribution is 4.93. The largest absolute Gasteiger partial charge is 0.344 e. The van der Waals surface area contributed by atoms with Gasteiger partial charge in [-0.1, -0.05) is 140 Å². The Labute approximate surface area is 288 Å². The Morgan fingerprint density at radius 2 is 0.826 bits per heavy atom. The van der Waals surface area contributed by atoms with E-state index in [1.165, 1.54) is 154 Å². The van der Waals surface area contributed by atoms with Crippen molar-refractivity contribution < 1.29 is 9.47 Å². The first-order valence-corrected chi connectivity index (χ1v) is 20.7. The van der Waals surface area contributed by atoms with Gasteiger partial charge in [-0.2, -0.15) is 0 Å². The second-order valence-electron chi connectivity index (χ2n) is 14.8. The van der Waals surface area contributed by atoms with Crippen LogP contribution in [0.1, 0.15) is 200 Å². The number of fused-ring (bicyclic) bond motifs is 1. The maximum atomic E-state index is 6.86. The molecule has 2 fully saturated rings. The van der Waals surface area contributed by atoms with Gasteiger partial charge in [-0.15, -0.1) is 0 Å². The zero-order valence-electron chi connectivity index (χ0n) is 31.3. The average molecular weight is 642 g/mol. The van der Waals surface area contributed by atoms with E-state index in [0.29, 0.717) is 12.2 Å². The van der Waals surface area contributed by atoms with Gasteiger partial charge in [0, 0.05) is 25.9 Å². The van der Waals surface area contributed by atoms with Crippen molar-refractivity contribution in [3.63, 3.8) is 0 Å². The van der Waals surface area contributed by atoms with Crippen LogP contribution in [-0.4, -0.2) is 43.0 Å². The van der Waals surface area contributed by atoms with Gasteiger partial charge in [0.2, 0.25) is 0 Å². The Bertz CT molecular complexity index is 742. The van der Waals surface area contributed by atoms with Crippen molar-refractivity contribution >= 4 is 0 Å². The predicted octanol–water partition coefficient (Wildman–Crippen LogP) is 13.4. The second kappa shape index (κ2) is 29.1. The van der Waals surface area contributed by atoms with Gasteiger partial charge in [0.15, 0.2) is 5.79 Å². The molecule has 3 nitrogen and oxygen atoms in total. The minimum Gasteiger partial charge on any atom is -0.344 e. The summed E-state index contributed by atoms with van der Waals surface area (Å²) in [7, 11) is 2.24. The molecule has 2 atom stereocenters. The predicted molar refractivity (Wildman–Crippen MR) is 203 cm³/mol. The molecule has 2 aliphatic heterocycles. The van der Waals surface area contributed by atoms with E-state index in [1.54, 1.807) is 0 Å². The molecule has 2 aliphatic rings. The lowest BCUT2D eigenvalue weighted by Gasteiger charge is -2.29. The van der Waals surface area contributed by atoms with E-state index in [-0.39, 0.29) is 5.79 Å². The Morgan fingerprint density at radius 1 is 0.478 bits per heavy atom. The number of rotatable bonds is 30. The van der Waals surface area contributed by atoms with Crippen molar-refractivity contribution in [1.29, 1.82) is 0 Å². The van der Waals surface area contributed by atoms with Crippen molar-refractivity contribution in [1.82, 2.24) is 4.90 Å². The summed E-state index contributed by atoms with van der Waals surface area (Å²) in [5.41, 5.74) is 0. The average Bonchev–Trinajstić information content (AvgIpc) is 3.32. The monoisotopic (exact) mass is 642 g/mol. The maximum absolute atomic E-state index is 6.86. The van der Waals surface area contributed by atoms with Crippen molar-refractivity contribution in [2.24, 2.45) is 0 Å². The number of unbranched alkanes of at least 4 members (excludes halogenated alkanes) is 20. The van der Waals surface area contributed by atoms with Crippen LogP contribution in [0.5, 0.6) is 0 Å². The highest BCUT2D eigenvalue weighted by atomic mass is 16.8. The minimum absolute atomic E-state index is 0.304. The molecule has 0 N–H and O–H groups in total. The van der Waals surface area contributed by atoms with E-state index in [4.69, 9.17) is 9.47 Å². The molecule has 0 amide bonds. The summed E-state index contributed by atoms with van der Waals surface area (Å²) >= 11 is 0. The molecule has 2 heterocycles. The standard InChI is InChI=1S/C43H79NO2/c1-4-6-8-10-12-14-16-18-20-22-24-26-28-30-32-34-38-43(45-41-35-39-44(3)40-36-42(41)46-43)37-33-31-29-27-25-23-21-19-17-15-13-11-9-7-5-2/h12,14,17-20,41-42H,4-11,13,15-16,21-40H2,1-3H3/b14-12-,19-17-,20-18-. The summed E-state index contributed by atoms with van der Waals surface area (Å²) in [4.78, 5) is 2.44. The number of ether oxygens (including phenoxy) is 2. The quantitative estimate of drug-likeness (QED) is 0.0575. The number of likely N-dealkylation sites (tertiary alicyclic amines) is 1. The molecule has 268 valence electrons. The minimum atomic E-state index is -0.304. The molecular weight excluding hydrogens is 562 g/mol. The van der Waals surface area contributed by atoms with Crippen LogP contribution in [0.15, 0.2) is 36.5 Å². The first-order valence-electron chi connectivity index (χ1n) is 20.7. The fourth-order valence-corrected chi connectivity index (χ4v) is 7.24. The zero-order valence-corrected chi connectivity index (χ0v) is 31.3. The second-order valence-corrected chi connectivity index (χ2v) is 14.8. The van der Waals surface area contributed by atoms with E-state index in [9.17, 15) is 0 Å². The molecule has 2 saturated heterocycles. The lowest BCUT2D eigenvalue weighted by molar-refractivity contribution is -0.188. The smallest absolute Gasteiger partial charge is 0.169 e. The van der Waals surface area contributed by atoms with E-state index >= 15 is 0 Å². The van der Waals surface area contributed by atoms with Crippen LogP contribution >= 0.6 is 0 Å². The van der Waals surface area contributed by atoms with E-state index in [2.05, 4.69) is 62.3 Å². The Morgan fingerprint density at radius 3 is 1.28 bits per heavy atom. The number of allylic oxidation sites excluding steroid dienone is 6. The number of hydrogen-bond donors (Lipinski definition) is 0. The summed E-state index contributed by atoms with van der Waals surface area (Å²) < 4.78 is 13.7. The van der Waals surface area contributed by atoms with Crippen LogP contribution in [-0.2, 0) is 9.47 Å². The third kappa shape index (κ3) is 21.1. The third-order valence-corrected chi connectivity index (χ3v) is 10.3. The van der Waals surface area contributed by atoms with Crippen molar-refractivity contribution in [2.45, 2.75) is 218 Å². The summed E-state index contributed by atoms with van der Waals surface area (Å²) in [5.74, 6) is -0.304. The Hall–Kier alpha value is -0.900. The van der Waals surface area contributed by atoms with Crippen LogP contribution < -0.4 is 0 Å². The zero-order chi connectivity index (χ0) is 32.8. The summed E-state index contributed by atoms with van der Waals surface area (Å²) in [5, 5.41) is 0. The van der Waals surface area contributed by atoms with E-state index in [0.717, 1.165) is 45.2 Å². The molecule has 0 aliphatic carbocycles. The molecule has 0 aromatic rings. The number of hydrogen-bond acceptors (Lipinski definition) is 3. The van der Waals surface area contributed by atoms with E-state index < -0.39 is 0 Å². The molecule has 3 heteroatoms. The van der Waals surface area contributed by atoms with Crippen molar-refractivity contribution in [3.8, 4) is 0 Å². The molecule has 46 heavy (non-hydrogen) atoms. The SMILES string of the molecule is CCCCC/C=C\C/C=C\CCCCCCCCC1(CCCCCCCC/C=C\CCCCCCC)OC2CCN(C)CCC2O1. The van der Waals surface area contributed by atoms with Gasteiger partial charge in [-0.25, -0.2) is 0 Å². The van der Waals surface area contributed by atoms with Crippen LogP contribution in [0.3, 0.4) is 0 Å². The fraction of sp³-hybridized carbons (Fsp3) is 0.860. The lowest BCUT2D eigenvalue weighted by atomic mass is 9.98. The van der Waals surface area contributed by atoms with Gasteiger partial charge in [0.05, 0.1) is 12.2 Å². The van der Waals surface area contributed by atoms with Gasteiger partial charge < -0.3 is 14.4 Å². The Kier molecular flexibility index (Phi) is 26.1. The Balaban J connectivity index is 1.55. The summed E-state index contributed by atoms with van der Waals surface area (Å²) in [6.45, 7) is 6.84. The van der Waals surface area contributed by atoms with E-state index in [1.807, 2.05) is 0 Å². The molecule has 0 aromatic carbocycles. The molecule has 2 unspecified atom stereocenters. The van der Waals surface area contributed by atoms with Crippen LogP contribution in [0.2, 0.25) is 0 Å². The molecule has 2 rings (SSSR count). The maximum Gasteiger partial charge on any atom is 0.169 e.